The van der Waals surface area contributed by atoms with Gasteiger partial charge in [0.15, 0.2) is 0 Å². The maximum Gasteiger partial charge on any atom is 0.0701 e. The van der Waals surface area contributed by atoms with E-state index in [-0.39, 0.29) is 0 Å². The molecule has 0 aromatic heterocycles. The van der Waals surface area contributed by atoms with Crippen LogP contribution in [0.25, 0.3) is 0 Å². The molecule has 0 radical (unpaired) electrons. The topological polar surface area (TPSA) is 44.5 Å². The molecule has 0 aliphatic heterocycles. The van der Waals surface area contributed by atoms with Crippen molar-refractivity contribution in [2.75, 3.05) is 33.0 Å². The van der Waals surface area contributed by atoms with Gasteiger partial charge in [-0.15, -0.1) is 0 Å². The van der Waals surface area contributed by atoms with Gasteiger partial charge in [0.25, 0.3) is 0 Å². The minimum atomic E-state index is 0.600. The molecule has 1 fully saturated rings. The average Bonchev–Trinajstić information content (AvgIpc) is 2.25. The zero-order chi connectivity index (χ0) is 10.1. The molecule has 3 nitrogen and oxygen atoms in total. The first-order valence-electron chi connectivity index (χ1n) is 5.79. The second kappa shape index (κ2) is 8.21. The molecule has 0 unspecified atom stereocenters. The van der Waals surface area contributed by atoms with Gasteiger partial charge in [0.2, 0.25) is 0 Å². The van der Waals surface area contributed by atoms with Crippen molar-refractivity contribution < 1.29 is 9.47 Å². The molecule has 0 aromatic carbocycles. The lowest BCUT2D eigenvalue weighted by Gasteiger charge is -2.21. The lowest BCUT2D eigenvalue weighted by Crippen LogP contribution is -2.16. The molecule has 14 heavy (non-hydrogen) atoms. The summed E-state index contributed by atoms with van der Waals surface area (Å²) in [5.41, 5.74) is 5.29. The molecule has 2 N–H and O–H groups in total. The Balaban J connectivity index is 1.82. The molecule has 3 heteroatoms. The van der Waals surface area contributed by atoms with Crippen LogP contribution in [0.5, 0.6) is 0 Å². The summed E-state index contributed by atoms with van der Waals surface area (Å²) in [6.45, 7) is 3.57. The van der Waals surface area contributed by atoms with Gasteiger partial charge in [-0.1, -0.05) is 19.3 Å². The lowest BCUT2D eigenvalue weighted by molar-refractivity contribution is 0.0299. The molecule has 0 bridgehead atoms. The fourth-order valence-electron chi connectivity index (χ4n) is 1.91. The van der Waals surface area contributed by atoms with Crippen LogP contribution >= 0.6 is 0 Å². The minimum Gasteiger partial charge on any atom is -0.379 e. The number of rotatable bonds is 7. The SMILES string of the molecule is NCCOCCOCC1CCCCC1. The smallest absolute Gasteiger partial charge is 0.0701 e. The van der Waals surface area contributed by atoms with Crippen LogP contribution in [0.3, 0.4) is 0 Å². The van der Waals surface area contributed by atoms with Crippen LogP contribution in [0.15, 0.2) is 0 Å². The predicted molar refractivity (Wildman–Crippen MR) is 57.3 cm³/mol. The van der Waals surface area contributed by atoms with Crippen LogP contribution in [0.2, 0.25) is 0 Å². The lowest BCUT2D eigenvalue weighted by atomic mass is 9.90. The van der Waals surface area contributed by atoms with Crippen molar-refractivity contribution in [3.63, 3.8) is 0 Å². The van der Waals surface area contributed by atoms with Gasteiger partial charge >= 0.3 is 0 Å². The fourth-order valence-corrected chi connectivity index (χ4v) is 1.91. The van der Waals surface area contributed by atoms with Crippen LogP contribution in [0, 0.1) is 5.92 Å². The van der Waals surface area contributed by atoms with Crippen molar-refractivity contribution in [1.29, 1.82) is 0 Å². The van der Waals surface area contributed by atoms with E-state index < -0.39 is 0 Å². The summed E-state index contributed by atoms with van der Waals surface area (Å²) in [5.74, 6) is 0.804. The maximum atomic E-state index is 5.55. The molecular weight excluding hydrogens is 178 g/mol. The molecule has 1 rings (SSSR count). The Labute approximate surface area is 86.9 Å². The van der Waals surface area contributed by atoms with Crippen molar-refractivity contribution in [3.8, 4) is 0 Å². The molecule has 0 aromatic rings. The van der Waals surface area contributed by atoms with Crippen molar-refractivity contribution in [2.45, 2.75) is 32.1 Å². The normalized spacial score (nSPS) is 18.6. The highest BCUT2D eigenvalue weighted by atomic mass is 16.5. The Morgan fingerprint density at radius 1 is 0.929 bits per heavy atom. The highest BCUT2D eigenvalue weighted by molar-refractivity contribution is 4.64. The largest absolute Gasteiger partial charge is 0.379 e. The standard InChI is InChI=1S/C11H23NO2/c12-6-7-13-8-9-14-10-11-4-2-1-3-5-11/h11H,1-10,12H2. The molecule has 0 spiro atoms. The molecule has 0 heterocycles. The Bertz CT molecular complexity index is 124. The summed E-state index contributed by atoms with van der Waals surface area (Å²) in [6.07, 6.45) is 6.89. The van der Waals surface area contributed by atoms with Crippen LogP contribution in [-0.4, -0.2) is 33.0 Å². The minimum absolute atomic E-state index is 0.600. The van der Waals surface area contributed by atoms with E-state index in [1.807, 2.05) is 0 Å². The number of ether oxygens (including phenoxy) is 2. The van der Waals surface area contributed by atoms with Crippen molar-refractivity contribution >= 4 is 0 Å². The zero-order valence-corrected chi connectivity index (χ0v) is 9.04. The van der Waals surface area contributed by atoms with E-state index >= 15 is 0 Å². The highest BCUT2D eigenvalue weighted by Crippen LogP contribution is 2.23. The fraction of sp³-hybridized carbons (Fsp3) is 1.00. The number of hydrogen-bond donors (Lipinski definition) is 1. The molecule has 0 atom stereocenters. The van der Waals surface area contributed by atoms with E-state index in [0.717, 1.165) is 19.1 Å². The van der Waals surface area contributed by atoms with Gasteiger partial charge in [-0.05, 0) is 18.8 Å². The van der Waals surface area contributed by atoms with Gasteiger partial charge < -0.3 is 15.2 Å². The number of hydrogen-bond acceptors (Lipinski definition) is 3. The average molecular weight is 201 g/mol. The molecular formula is C11H23NO2. The Hall–Kier alpha value is -0.120. The van der Waals surface area contributed by atoms with E-state index in [1.54, 1.807) is 0 Å². The van der Waals surface area contributed by atoms with Crippen LogP contribution in [0.4, 0.5) is 0 Å². The predicted octanol–water partition coefficient (Wildman–Crippen LogP) is 1.56. The quantitative estimate of drug-likeness (QED) is 0.636. The summed E-state index contributed by atoms with van der Waals surface area (Å²) in [6, 6.07) is 0. The van der Waals surface area contributed by atoms with Crippen molar-refractivity contribution in [2.24, 2.45) is 11.7 Å². The van der Waals surface area contributed by atoms with Gasteiger partial charge in [0, 0.05) is 13.2 Å². The van der Waals surface area contributed by atoms with Gasteiger partial charge in [-0.25, -0.2) is 0 Å². The second-order valence-corrected chi connectivity index (χ2v) is 3.98. The summed E-state index contributed by atoms with van der Waals surface area (Å²) < 4.78 is 10.8. The monoisotopic (exact) mass is 201 g/mol. The third kappa shape index (κ3) is 5.58. The third-order valence-corrected chi connectivity index (χ3v) is 2.71. The summed E-state index contributed by atoms with van der Waals surface area (Å²) in [5, 5.41) is 0. The van der Waals surface area contributed by atoms with Gasteiger partial charge in [0.05, 0.1) is 19.8 Å². The first-order chi connectivity index (χ1) is 6.93. The van der Waals surface area contributed by atoms with Gasteiger partial charge in [-0.3, -0.25) is 0 Å². The van der Waals surface area contributed by atoms with E-state index in [2.05, 4.69) is 0 Å². The maximum absolute atomic E-state index is 5.55. The Morgan fingerprint density at radius 2 is 1.64 bits per heavy atom. The highest BCUT2D eigenvalue weighted by Gasteiger charge is 2.12. The molecule has 0 saturated heterocycles. The van der Waals surface area contributed by atoms with E-state index in [1.165, 1.54) is 32.1 Å². The molecule has 84 valence electrons. The molecule has 0 amide bonds. The van der Waals surface area contributed by atoms with Crippen LogP contribution in [0.1, 0.15) is 32.1 Å². The van der Waals surface area contributed by atoms with E-state index in [4.69, 9.17) is 15.2 Å². The summed E-state index contributed by atoms with van der Waals surface area (Å²) in [4.78, 5) is 0. The van der Waals surface area contributed by atoms with Gasteiger partial charge in [-0.2, -0.15) is 0 Å². The molecule has 1 saturated carbocycles. The van der Waals surface area contributed by atoms with Gasteiger partial charge in [0.1, 0.15) is 0 Å². The summed E-state index contributed by atoms with van der Waals surface area (Å²) in [7, 11) is 0. The van der Waals surface area contributed by atoms with Crippen molar-refractivity contribution in [3.05, 3.63) is 0 Å². The van der Waals surface area contributed by atoms with Crippen LogP contribution in [-0.2, 0) is 9.47 Å². The third-order valence-electron chi connectivity index (χ3n) is 2.71. The van der Waals surface area contributed by atoms with Crippen LogP contribution < -0.4 is 5.73 Å². The zero-order valence-electron chi connectivity index (χ0n) is 9.04. The second-order valence-electron chi connectivity index (χ2n) is 3.98. The molecule has 1 aliphatic carbocycles. The first kappa shape index (κ1) is 12.0. The Morgan fingerprint density at radius 3 is 2.36 bits per heavy atom. The van der Waals surface area contributed by atoms with Crippen molar-refractivity contribution in [1.82, 2.24) is 0 Å². The van der Waals surface area contributed by atoms with E-state index in [9.17, 15) is 0 Å². The Kier molecular flexibility index (Phi) is 7.01. The summed E-state index contributed by atoms with van der Waals surface area (Å²) >= 11 is 0. The molecule has 1 aliphatic rings. The first-order valence-corrected chi connectivity index (χ1v) is 5.79. The van der Waals surface area contributed by atoms with E-state index in [0.29, 0.717) is 19.8 Å². The number of nitrogens with two attached hydrogens (primary N) is 1.